The Morgan fingerprint density at radius 1 is 1.57 bits per heavy atom. The topological polar surface area (TPSA) is 38.8 Å². The molecule has 0 heterocycles. The lowest BCUT2D eigenvalue weighted by atomic mass is 10.2. The summed E-state index contributed by atoms with van der Waals surface area (Å²) >= 11 is 0. The van der Waals surface area contributed by atoms with E-state index in [-0.39, 0.29) is 6.54 Å². The number of carbonyl (C=O) groups is 1. The Kier molecular flexibility index (Phi) is 6.59. The van der Waals surface area contributed by atoms with Crippen molar-refractivity contribution < 1.29 is 14.4 Å². The second kappa shape index (κ2) is 7.22. The van der Waals surface area contributed by atoms with E-state index in [1.54, 1.807) is 6.92 Å². The normalized spacial score (nSPS) is 9.64. The number of hydrogen-bond acceptors (Lipinski definition) is 3. The highest BCUT2D eigenvalue weighted by Gasteiger charge is 2.14. The van der Waals surface area contributed by atoms with Gasteiger partial charge in [-0.25, -0.2) is 4.79 Å². The first-order chi connectivity index (χ1) is 6.61. The molecule has 0 bridgehead atoms. The Morgan fingerprint density at radius 3 is 2.64 bits per heavy atom. The lowest BCUT2D eigenvalue weighted by molar-refractivity contribution is -0.136. The minimum atomic E-state index is -0.536. The van der Waals surface area contributed by atoms with Crippen LogP contribution < -0.4 is 0 Å². The van der Waals surface area contributed by atoms with E-state index in [1.165, 1.54) is 0 Å². The van der Waals surface area contributed by atoms with Crippen LogP contribution in [-0.4, -0.2) is 30.9 Å². The molecule has 0 aliphatic heterocycles. The molecule has 0 saturated heterocycles. The Hall–Kier alpha value is -1.21. The van der Waals surface area contributed by atoms with E-state index in [0.29, 0.717) is 19.1 Å². The van der Waals surface area contributed by atoms with Crippen LogP contribution >= 0.6 is 0 Å². The van der Waals surface area contributed by atoms with Gasteiger partial charge in [0.1, 0.15) is 6.54 Å². The zero-order chi connectivity index (χ0) is 11.0. The molecule has 4 nitrogen and oxygen atoms in total. The number of rotatable bonds is 5. The van der Waals surface area contributed by atoms with Crippen molar-refractivity contribution in [2.24, 2.45) is 5.92 Å². The summed E-state index contributed by atoms with van der Waals surface area (Å²) in [6.45, 7) is 6.56. The van der Waals surface area contributed by atoms with Crippen LogP contribution in [0.15, 0.2) is 0 Å². The molecule has 0 aliphatic carbocycles. The van der Waals surface area contributed by atoms with Gasteiger partial charge in [-0.15, -0.1) is 6.42 Å². The zero-order valence-electron chi connectivity index (χ0n) is 8.95. The average Bonchev–Trinajstić information content (AvgIpc) is 2.12. The SMILES string of the molecule is C#CCN(OCC(C)C)C(=O)OCC. The van der Waals surface area contributed by atoms with Crippen LogP contribution in [0.3, 0.4) is 0 Å². The molecule has 0 radical (unpaired) electrons. The first-order valence-electron chi connectivity index (χ1n) is 4.62. The van der Waals surface area contributed by atoms with E-state index in [0.717, 1.165) is 5.06 Å². The molecular weight excluding hydrogens is 182 g/mol. The Labute approximate surface area is 85.1 Å². The summed E-state index contributed by atoms with van der Waals surface area (Å²) in [4.78, 5) is 16.4. The van der Waals surface area contributed by atoms with Crippen LogP contribution in [0.2, 0.25) is 0 Å². The minimum Gasteiger partial charge on any atom is -0.448 e. The van der Waals surface area contributed by atoms with Crippen molar-refractivity contribution in [1.29, 1.82) is 0 Å². The Bertz CT molecular complexity index is 208. The molecule has 4 heteroatoms. The number of terminal acetylenes is 1. The van der Waals surface area contributed by atoms with Crippen molar-refractivity contribution in [3.63, 3.8) is 0 Å². The summed E-state index contributed by atoms with van der Waals surface area (Å²) in [5, 5.41) is 1.06. The first kappa shape index (κ1) is 12.8. The van der Waals surface area contributed by atoms with Crippen molar-refractivity contribution in [2.75, 3.05) is 19.8 Å². The molecular formula is C10H17NO3. The van der Waals surface area contributed by atoms with Gasteiger partial charge in [0.25, 0.3) is 0 Å². The molecule has 0 spiro atoms. The van der Waals surface area contributed by atoms with Gasteiger partial charge in [-0.2, -0.15) is 5.06 Å². The van der Waals surface area contributed by atoms with Gasteiger partial charge in [0, 0.05) is 0 Å². The van der Waals surface area contributed by atoms with Gasteiger partial charge < -0.3 is 4.74 Å². The maximum Gasteiger partial charge on any atom is 0.434 e. The van der Waals surface area contributed by atoms with Crippen molar-refractivity contribution in [2.45, 2.75) is 20.8 Å². The van der Waals surface area contributed by atoms with Crippen LogP contribution in [-0.2, 0) is 9.57 Å². The lowest BCUT2D eigenvalue weighted by Crippen LogP contribution is -2.33. The minimum absolute atomic E-state index is 0.103. The van der Waals surface area contributed by atoms with Crippen molar-refractivity contribution in [1.82, 2.24) is 5.06 Å². The highest BCUT2D eigenvalue weighted by Crippen LogP contribution is 1.99. The number of ether oxygens (including phenoxy) is 1. The molecule has 0 atom stereocenters. The van der Waals surface area contributed by atoms with Crippen molar-refractivity contribution >= 4 is 6.09 Å². The predicted octanol–water partition coefficient (Wildman–Crippen LogP) is 1.67. The summed E-state index contributed by atoms with van der Waals surface area (Å²) in [6.07, 6.45) is 4.55. The van der Waals surface area contributed by atoms with Gasteiger partial charge in [-0.3, -0.25) is 4.84 Å². The standard InChI is InChI=1S/C10H17NO3/c1-5-7-11(10(12)13-6-2)14-8-9(3)4/h1,9H,6-8H2,2-4H3. The fraction of sp³-hybridized carbons (Fsp3) is 0.700. The van der Waals surface area contributed by atoms with Crippen LogP contribution in [0.4, 0.5) is 4.79 Å². The zero-order valence-corrected chi connectivity index (χ0v) is 8.95. The van der Waals surface area contributed by atoms with E-state index >= 15 is 0 Å². The molecule has 0 aromatic heterocycles. The summed E-state index contributed by atoms with van der Waals surface area (Å²) in [5.41, 5.74) is 0. The third-order valence-corrected chi connectivity index (χ3v) is 1.27. The van der Waals surface area contributed by atoms with Gasteiger partial charge in [0.15, 0.2) is 0 Å². The van der Waals surface area contributed by atoms with Gasteiger partial charge >= 0.3 is 6.09 Å². The molecule has 80 valence electrons. The lowest BCUT2D eigenvalue weighted by Gasteiger charge is -2.19. The molecule has 0 aromatic rings. The van der Waals surface area contributed by atoms with E-state index < -0.39 is 6.09 Å². The molecule has 0 aromatic carbocycles. The van der Waals surface area contributed by atoms with Crippen LogP contribution in [0.5, 0.6) is 0 Å². The summed E-state index contributed by atoms with van der Waals surface area (Å²) in [7, 11) is 0. The number of amides is 1. The molecule has 0 rings (SSSR count). The molecule has 0 N–H and O–H groups in total. The predicted molar refractivity (Wildman–Crippen MR) is 53.4 cm³/mol. The van der Waals surface area contributed by atoms with Gasteiger partial charge in [0.05, 0.1) is 13.2 Å². The summed E-state index contributed by atoms with van der Waals surface area (Å²) in [6, 6.07) is 0. The Morgan fingerprint density at radius 2 is 2.21 bits per heavy atom. The van der Waals surface area contributed by atoms with E-state index in [4.69, 9.17) is 16.0 Å². The van der Waals surface area contributed by atoms with Crippen molar-refractivity contribution in [3.8, 4) is 12.3 Å². The molecule has 1 amide bonds. The Balaban J connectivity index is 4.01. The summed E-state index contributed by atoms with van der Waals surface area (Å²) < 4.78 is 4.76. The molecule has 0 saturated carbocycles. The number of nitrogens with zero attached hydrogens (tertiary/aromatic N) is 1. The van der Waals surface area contributed by atoms with Crippen LogP contribution in [0.25, 0.3) is 0 Å². The average molecular weight is 199 g/mol. The monoisotopic (exact) mass is 199 g/mol. The highest BCUT2D eigenvalue weighted by atomic mass is 16.7. The van der Waals surface area contributed by atoms with E-state index in [9.17, 15) is 4.79 Å². The molecule has 0 unspecified atom stereocenters. The third-order valence-electron chi connectivity index (χ3n) is 1.27. The second-order valence-corrected chi connectivity index (χ2v) is 3.13. The largest absolute Gasteiger partial charge is 0.448 e. The van der Waals surface area contributed by atoms with Crippen LogP contribution in [0.1, 0.15) is 20.8 Å². The maximum atomic E-state index is 11.2. The van der Waals surface area contributed by atoms with E-state index in [1.807, 2.05) is 13.8 Å². The van der Waals surface area contributed by atoms with Gasteiger partial charge in [-0.1, -0.05) is 19.8 Å². The molecule has 0 aliphatic rings. The van der Waals surface area contributed by atoms with E-state index in [2.05, 4.69) is 5.92 Å². The summed E-state index contributed by atoms with van der Waals surface area (Å²) in [5.74, 6) is 2.67. The second-order valence-electron chi connectivity index (χ2n) is 3.13. The number of carbonyl (C=O) groups excluding carboxylic acids is 1. The van der Waals surface area contributed by atoms with Crippen molar-refractivity contribution in [3.05, 3.63) is 0 Å². The van der Waals surface area contributed by atoms with Gasteiger partial charge in [-0.05, 0) is 12.8 Å². The number of hydroxylamine groups is 2. The van der Waals surface area contributed by atoms with Gasteiger partial charge in [0.2, 0.25) is 0 Å². The first-order valence-corrected chi connectivity index (χ1v) is 4.62. The fourth-order valence-corrected chi connectivity index (χ4v) is 0.680. The number of hydrogen-bond donors (Lipinski definition) is 0. The van der Waals surface area contributed by atoms with Crippen LogP contribution in [0, 0.1) is 18.3 Å². The third kappa shape index (κ3) is 5.44. The maximum absolute atomic E-state index is 11.2. The smallest absolute Gasteiger partial charge is 0.434 e. The fourth-order valence-electron chi connectivity index (χ4n) is 0.680. The molecule has 14 heavy (non-hydrogen) atoms. The quantitative estimate of drug-likeness (QED) is 0.499. The highest BCUT2D eigenvalue weighted by molar-refractivity contribution is 5.66. The molecule has 0 fully saturated rings.